The van der Waals surface area contributed by atoms with Gasteiger partial charge in [0.25, 0.3) is 10.0 Å². The number of benzene rings is 1. The molecule has 0 saturated heterocycles. The van der Waals surface area contributed by atoms with Crippen molar-refractivity contribution in [3.05, 3.63) is 35.5 Å². The van der Waals surface area contributed by atoms with Gasteiger partial charge in [-0.05, 0) is 63.8 Å². The molecule has 2 rings (SSSR count). The van der Waals surface area contributed by atoms with Crippen LogP contribution in [0.3, 0.4) is 0 Å². The molecule has 122 valence electrons. The van der Waals surface area contributed by atoms with E-state index < -0.39 is 10.0 Å². The lowest BCUT2D eigenvalue weighted by molar-refractivity contribution is 0.340. The van der Waals surface area contributed by atoms with Gasteiger partial charge in [0, 0.05) is 5.70 Å². The summed E-state index contributed by atoms with van der Waals surface area (Å²) in [6.07, 6.45) is 5.71. The summed E-state index contributed by atoms with van der Waals surface area (Å²) in [5.74, 6) is 0.662. The third kappa shape index (κ3) is 4.48. The monoisotopic (exact) mass is 324 g/mol. The maximum Gasteiger partial charge on any atom is 0.257 e. The molecule has 22 heavy (non-hydrogen) atoms. The van der Waals surface area contributed by atoms with Gasteiger partial charge in [-0.1, -0.05) is 12.0 Å². The Labute approximate surface area is 132 Å². The van der Waals surface area contributed by atoms with Crippen LogP contribution in [0.5, 0.6) is 5.75 Å². The third-order valence-electron chi connectivity index (χ3n) is 3.81. The van der Waals surface area contributed by atoms with Crippen LogP contribution in [-0.2, 0) is 10.0 Å². The first-order chi connectivity index (χ1) is 10.5. The van der Waals surface area contributed by atoms with E-state index in [2.05, 4.69) is 10.3 Å². The highest BCUT2D eigenvalue weighted by molar-refractivity contribution is 7.89. The molecule has 1 fully saturated rings. The maximum absolute atomic E-state index is 12.3. The van der Waals surface area contributed by atoms with E-state index in [1.54, 1.807) is 12.1 Å². The zero-order chi connectivity index (χ0) is 16.0. The quantitative estimate of drug-likeness (QED) is 0.789. The third-order valence-corrected chi connectivity index (χ3v) is 5.07. The van der Waals surface area contributed by atoms with Gasteiger partial charge in [0.2, 0.25) is 0 Å². The van der Waals surface area contributed by atoms with Crippen LogP contribution in [0, 0.1) is 0 Å². The summed E-state index contributed by atoms with van der Waals surface area (Å²) in [6, 6.07) is 6.39. The number of nitrogens with one attached hydrogen (secondary N) is 2. The molecule has 1 saturated carbocycles. The summed E-state index contributed by atoms with van der Waals surface area (Å²) in [5, 5.41) is 0. The van der Waals surface area contributed by atoms with E-state index >= 15 is 0 Å². The van der Waals surface area contributed by atoms with Gasteiger partial charge in [-0.25, -0.2) is 8.42 Å². The average molecular weight is 324 g/mol. The standard InChI is InChI=1S/C16H24N2O3S/c1-3-21-15-9-11-16(12-10-15)22(19,20)18-17-13(2)14-7-5-4-6-8-14/h9-12,17-18H,3-8H2,1-2H3. The smallest absolute Gasteiger partial charge is 0.257 e. The number of rotatable bonds is 6. The molecule has 1 aliphatic carbocycles. The number of hydrogen-bond acceptors (Lipinski definition) is 4. The second-order valence-corrected chi connectivity index (χ2v) is 7.11. The lowest BCUT2D eigenvalue weighted by Crippen LogP contribution is -2.36. The van der Waals surface area contributed by atoms with E-state index in [9.17, 15) is 8.42 Å². The summed E-state index contributed by atoms with van der Waals surface area (Å²) >= 11 is 0. The molecule has 0 radical (unpaired) electrons. The van der Waals surface area contributed by atoms with Gasteiger partial charge in [-0.3, -0.25) is 0 Å². The van der Waals surface area contributed by atoms with Gasteiger partial charge in [0.05, 0.1) is 11.5 Å². The Bertz CT molecular complexity index is 613. The van der Waals surface area contributed by atoms with Gasteiger partial charge in [-0.2, -0.15) is 0 Å². The number of hydrogen-bond donors (Lipinski definition) is 2. The lowest BCUT2D eigenvalue weighted by atomic mass is 9.94. The van der Waals surface area contributed by atoms with Gasteiger partial charge in [-0.15, -0.1) is 4.83 Å². The summed E-state index contributed by atoms with van der Waals surface area (Å²) in [7, 11) is -3.58. The van der Waals surface area contributed by atoms with Crippen LogP contribution in [0.4, 0.5) is 0 Å². The number of hydrazine groups is 1. The molecule has 1 aliphatic rings. The molecular weight excluding hydrogens is 300 g/mol. The topological polar surface area (TPSA) is 67.4 Å². The van der Waals surface area contributed by atoms with Crippen molar-refractivity contribution >= 4 is 10.0 Å². The van der Waals surface area contributed by atoms with Gasteiger partial charge < -0.3 is 10.2 Å². The summed E-state index contributed by atoms with van der Waals surface area (Å²) < 4.78 is 29.8. The van der Waals surface area contributed by atoms with Crippen LogP contribution in [-0.4, -0.2) is 15.0 Å². The van der Waals surface area contributed by atoms with E-state index in [0.29, 0.717) is 12.4 Å². The van der Waals surface area contributed by atoms with Crippen LogP contribution in [0.15, 0.2) is 40.4 Å². The van der Waals surface area contributed by atoms with Crippen LogP contribution in [0.1, 0.15) is 46.0 Å². The van der Waals surface area contributed by atoms with Crippen molar-refractivity contribution in [2.75, 3.05) is 6.61 Å². The minimum atomic E-state index is -3.58. The highest BCUT2D eigenvalue weighted by Crippen LogP contribution is 2.24. The zero-order valence-corrected chi connectivity index (χ0v) is 14.0. The Morgan fingerprint density at radius 3 is 2.36 bits per heavy atom. The molecule has 0 aliphatic heterocycles. The van der Waals surface area contributed by atoms with Crippen molar-refractivity contribution in [2.24, 2.45) is 0 Å². The Hall–Kier alpha value is -1.53. The summed E-state index contributed by atoms with van der Waals surface area (Å²) in [4.78, 5) is 2.66. The normalized spacial score (nSPS) is 15.5. The number of ether oxygens (including phenoxy) is 1. The van der Waals surface area contributed by atoms with Crippen LogP contribution in [0.25, 0.3) is 0 Å². The largest absolute Gasteiger partial charge is 0.494 e. The van der Waals surface area contributed by atoms with Crippen LogP contribution in [0.2, 0.25) is 0 Å². The molecule has 2 N–H and O–H groups in total. The van der Waals surface area contributed by atoms with Crippen molar-refractivity contribution in [2.45, 2.75) is 50.8 Å². The second kappa shape index (κ2) is 7.65. The second-order valence-electron chi connectivity index (χ2n) is 5.42. The molecular formula is C16H24N2O3S. The molecule has 0 atom stereocenters. The molecule has 5 nitrogen and oxygen atoms in total. The van der Waals surface area contributed by atoms with Crippen molar-refractivity contribution in [1.82, 2.24) is 10.3 Å². The van der Waals surface area contributed by atoms with E-state index in [1.807, 2.05) is 13.8 Å². The zero-order valence-electron chi connectivity index (χ0n) is 13.2. The Kier molecular flexibility index (Phi) is 5.85. The summed E-state index contributed by atoms with van der Waals surface area (Å²) in [6.45, 7) is 4.36. The molecule has 6 heteroatoms. The number of sulfonamides is 1. The van der Waals surface area contributed by atoms with Crippen LogP contribution >= 0.6 is 0 Å². The predicted octanol–water partition coefficient (Wildman–Crippen LogP) is 3.11. The number of allylic oxidation sites excluding steroid dienone is 2. The lowest BCUT2D eigenvalue weighted by Gasteiger charge is -2.18. The molecule has 0 unspecified atom stereocenters. The highest BCUT2D eigenvalue weighted by Gasteiger charge is 2.15. The fourth-order valence-electron chi connectivity index (χ4n) is 2.53. The van der Waals surface area contributed by atoms with E-state index in [-0.39, 0.29) is 4.90 Å². The van der Waals surface area contributed by atoms with E-state index in [1.165, 1.54) is 37.0 Å². The average Bonchev–Trinajstić information content (AvgIpc) is 2.54. The van der Waals surface area contributed by atoms with Crippen molar-refractivity contribution in [3.63, 3.8) is 0 Å². The molecule has 1 aromatic carbocycles. The van der Waals surface area contributed by atoms with Crippen molar-refractivity contribution in [3.8, 4) is 5.75 Å². The Balaban J connectivity index is 2.01. The SMILES string of the molecule is CCOc1ccc(S(=O)(=O)NNC(C)=C2CCCCC2)cc1. The van der Waals surface area contributed by atoms with Crippen LogP contribution < -0.4 is 15.0 Å². The fourth-order valence-corrected chi connectivity index (χ4v) is 3.43. The van der Waals surface area contributed by atoms with E-state index in [0.717, 1.165) is 18.5 Å². The Morgan fingerprint density at radius 1 is 1.14 bits per heavy atom. The van der Waals surface area contributed by atoms with Gasteiger partial charge in [0.1, 0.15) is 5.75 Å². The predicted molar refractivity (Wildman–Crippen MR) is 86.9 cm³/mol. The fraction of sp³-hybridized carbons (Fsp3) is 0.500. The summed E-state index contributed by atoms with van der Waals surface area (Å²) in [5.41, 5.74) is 5.06. The Morgan fingerprint density at radius 2 is 1.77 bits per heavy atom. The molecule has 0 aromatic heterocycles. The first-order valence-corrected chi connectivity index (χ1v) is 9.20. The molecule has 0 spiro atoms. The molecule has 0 heterocycles. The minimum Gasteiger partial charge on any atom is -0.494 e. The van der Waals surface area contributed by atoms with Crippen molar-refractivity contribution in [1.29, 1.82) is 0 Å². The first-order valence-electron chi connectivity index (χ1n) is 7.72. The van der Waals surface area contributed by atoms with Gasteiger partial charge in [0.15, 0.2) is 0 Å². The maximum atomic E-state index is 12.3. The molecule has 0 amide bonds. The molecule has 1 aromatic rings. The highest BCUT2D eigenvalue weighted by atomic mass is 32.2. The first kappa shape index (κ1) is 16.8. The van der Waals surface area contributed by atoms with E-state index in [4.69, 9.17) is 4.74 Å². The van der Waals surface area contributed by atoms with Gasteiger partial charge >= 0.3 is 0 Å². The minimum absolute atomic E-state index is 0.213. The molecule has 0 bridgehead atoms. The van der Waals surface area contributed by atoms with Crippen molar-refractivity contribution < 1.29 is 13.2 Å².